The summed E-state index contributed by atoms with van der Waals surface area (Å²) in [5, 5.41) is 4.40. The summed E-state index contributed by atoms with van der Waals surface area (Å²) >= 11 is 5.74. The molecule has 0 aliphatic carbocycles. The Morgan fingerprint density at radius 1 is 1.41 bits per heavy atom. The Morgan fingerprint density at radius 2 is 2.24 bits per heavy atom. The summed E-state index contributed by atoms with van der Waals surface area (Å²) in [6.07, 6.45) is 4.39. The molecule has 4 nitrogen and oxygen atoms in total. The molecular weight excluding hydrogens is 238 g/mol. The lowest BCUT2D eigenvalue weighted by molar-refractivity contribution is 0.0982. The quantitative estimate of drug-likeness (QED) is 0.617. The van der Waals surface area contributed by atoms with Crippen LogP contribution in [0, 0.1) is 0 Å². The first kappa shape index (κ1) is 11.8. The van der Waals surface area contributed by atoms with E-state index in [1.54, 1.807) is 29.2 Å². The lowest BCUT2D eigenvalue weighted by Crippen LogP contribution is -2.04. The first-order chi connectivity index (χ1) is 8.16. The summed E-state index contributed by atoms with van der Waals surface area (Å²) in [6, 6.07) is 5.18. The highest BCUT2D eigenvalue weighted by atomic mass is 35.5. The molecule has 0 saturated carbocycles. The van der Waals surface area contributed by atoms with Crippen molar-refractivity contribution in [1.82, 2.24) is 14.8 Å². The molecular formula is C12H12ClN3O. The van der Waals surface area contributed by atoms with Crippen LogP contribution in [-0.4, -0.2) is 20.5 Å². The Kier molecular flexibility index (Phi) is 3.54. The van der Waals surface area contributed by atoms with E-state index in [9.17, 15) is 4.79 Å². The van der Waals surface area contributed by atoms with Crippen molar-refractivity contribution in [3.8, 4) is 0 Å². The maximum atomic E-state index is 11.9. The van der Waals surface area contributed by atoms with Crippen LogP contribution in [0.4, 0.5) is 0 Å². The van der Waals surface area contributed by atoms with Gasteiger partial charge >= 0.3 is 0 Å². The summed E-state index contributed by atoms with van der Waals surface area (Å²) in [5.41, 5.74) is 1.64. The minimum Gasteiger partial charge on any atom is -0.294 e. The fraction of sp³-hybridized carbons (Fsp3) is 0.250. The van der Waals surface area contributed by atoms with Gasteiger partial charge in [-0.2, -0.15) is 5.10 Å². The van der Waals surface area contributed by atoms with Gasteiger partial charge < -0.3 is 0 Å². The van der Waals surface area contributed by atoms with Crippen molar-refractivity contribution in [3.05, 3.63) is 47.0 Å². The van der Waals surface area contributed by atoms with Crippen molar-refractivity contribution in [2.45, 2.75) is 12.8 Å². The molecule has 0 aliphatic heterocycles. The molecule has 2 heterocycles. The number of ketones is 1. The summed E-state index contributed by atoms with van der Waals surface area (Å²) in [5.74, 6) is 0.0653. The van der Waals surface area contributed by atoms with Gasteiger partial charge in [0, 0.05) is 37.1 Å². The summed E-state index contributed by atoms with van der Waals surface area (Å²) in [7, 11) is 1.86. The van der Waals surface area contributed by atoms with Gasteiger partial charge in [-0.15, -0.1) is 0 Å². The lowest BCUT2D eigenvalue weighted by atomic mass is 10.1. The molecule has 0 spiro atoms. The van der Waals surface area contributed by atoms with Crippen LogP contribution in [-0.2, 0) is 13.5 Å². The zero-order valence-corrected chi connectivity index (χ0v) is 10.2. The van der Waals surface area contributed by atoms with Crippen molar-refractivity contribution >= 4 is 17.4 Å². The van der Waals surface area contributed by atoms with Gasteiger partial charge in [0.05, 0.1) is 0 Å². The fourth-order valence-corrected chi connectivity index (χ4v) is 1.78. The van der Waals surface area contributed by atoms with Gasteiger partial charge in [-0.3, -0.25) is 9.48 Å². The van der Waals surface area contributed by atoms with Crippen LogP contribution in [0.15, 0.2) is 30.6 Å². The van der Waals surface area contributed by atoms with E-state index >= 15 is 0 Å². The van der Waals surface area contributed by atoms with Gasteiger partial charge in [0.25, 0.3) is 0 Å². The predicted octanol–water partition coefficient (Wildman–Crippen LogP) is 2.28. The minimum absolute atomic E-state index is 0.0653. The standard InChI is InChI=1S/C12H12ClN3O/c1-16-10(5-7-15-16)2-3-11(17)9-4-6-14-12(13)8-9/h4-8H,2-3H2,1H3. The zero-order chi connectivity index (χ0) is 12.3. The van der Waals surface area contributed by atoms with Gasteiger partial charge in [0.2, 0.25) is 0 Å². The Labute approximate surface area is 104 Å². The molecule has 17 heavy (non-hydrogen) atoms. The number of rotatable bonds is 4. The molecule has 0 fully saturated rings. The van der Waals surface area contributed by atoms with E-state index in [2.05, 4.69) is 10.1 Å². The number of pyridine rings is 1. The van der Waals surface area contributed by atoms with E-state index in [1.807, 2.05) is 13.1 Å². The number of aromatic nitrogens is 3. The molecule has 5 heteroatoms. The number of hydrogen-bond donors (Lipinski definition) is 0. The van der Waals surface area contributed by atoms with Gasteiger partial charge in [-0.1, -0.05) is 11.6 Å². The van der Waals surface area contributed by atoms with Crippen molar-refractivity contribution in [3.63, 3.8) is 0 Å². The zero-order valence-electron chi connectivity index (χ0n) is 9.43. The van der Waals surface area contributed by atoms with Crippen LogP contribution in [0.3, 0.4) is 0 Å². The lowest BCUT2D eigenvalue weighted by Gasteiger charge is -2.02. The highest BCUT2D eigenvalue weighted by Gasteiger charge is 2.08. The van der Waals surface area contributed by atoms with E-state index in [1.165, 1.54) is 0 Å². The predicted molar refractivity (Wildman–Crippen MR) is 65.1 cm³/mol. The molecule has 0 N–H and O–H groups in total. The molecule has 0 bridgehead atoms. The first-order valence-electron chi connectivity index (χ1n) is 5.28. The Bertz CT molecular complexity index is 536. The maximum absolute atomic E-state index is 11.9. The molecule has 2 rings (SSSR count). The van der Waals surface area contributed by atoms with Crippen molar-refractivity contribution in [2.75, 3.05) is 0 Å². The summed E-state index contributed by atoms with van der Waals surface area (Å²) in [6.45, 7) is 0. The number of aryl methyl sites for hydroxylation is 2. The van der Waals surface area contributed by atoms with E-state index in [0.717, 1.165) is 5.69 Å². The molecule has 0 aromatic carbocycles. The topological polar surface area (TPSA) is 47.8 Å². The van der Waals surface area contributed by atoms with E-state index in [0.29, 0.717) is 23.6 Å². The third kappa shape index (κ3) is 2.91. The Hall–Kier alpha value is -1.68. The van der Waals surface area contributed by atoms with Gasteiger partial charge in [-0.05, 0) is 24.6 Å². The third-order valence-corrected chi connectivity index (χ3v) is 2.79. The van der Waals surface area contributed by atoms with Gasteiger partial charge in [0.1, 0.15) is 5.15 Å². The second-order valence-electron chi connectivity index (χ2n) is 3.74. The average molecular weight is 250 g/mol. The molecule has 88 valence electrons. The molecule has 0 saturated heterocycles. The number of halogens is 1. The number of nitrogens with zero attached hydrogens (tertiary/aromatic N) is 3. The summed E-state index contributed by atoms with van der Waals surface area (Å²) in [4.78, 5) is 15.7. The molecule has 0 atom stereocenters. The molecule has 0 unspecified atom stereocenters. The molecule has 2 aromatic rings. The highest BCUT2D eigenvalue weighted by molar-refractivity contribution is 6.29. The summed E-state index contributed by atoms with van der Waals surface area (Å²) < 4.78 is 1.77. The molecule has 0 aliphatic rings. The van der Waals surface area contributed by atoms with Crippen molar-refractivity contribution in [1.29, 1.82) is 0 Å². The van der Waals surface area contributed by atoms with E-state index < -0.39 is 0 Å². The van der Waals surface area contributed by atoms with Crippen LogP contribution >= 0.6 is 11.6 Å². The Balaban J connectivity index is 2.01. The third-order valence-electron chi connectivity index (χ3n) is 2.58. The van der Waals surface area contributed by atoms with Crippen LogP contribution in [0.25, 0.3) is 0 Å². The minimum atomic E-state index is 0.0653. The normalized spacial score (nSPS) is 10.5. The van der Waals surface area contributed by atoms with Crippen LogP contribution in [0.5, 0.6) is 0 Å². The number of hydrogen-bond acceptors (Lipinski definition) is 3. The van der Waals surface area contributed by atoms with E-state index in [-0.39, 0.29) is 5.78 Å². The van der Waals surface area contributed by atoms with Crippen LogP contribution in [0.2, 0.25) is 5.15 Å². The van der Waals surface area contributed by atoms with Crippen LogP contribution in [0.1, 0.15) is 22.5 Å². The molecule has 0 radical (unpaired) electrons. The smallest absolute Gasteiger partial charge is 0.163 e. The van der Waals surface area contributed by atoms with Gasteiger partial charge in [-0.25, -0.2) is 4.98 Å². The number of Topliss-reactive ketones (excluding diaryl/α,β-unsaturated/α-hetero) is 1. The van der Waals surface area contributed by atoms with E-state index in [4.69, 9.17) is 11.6 Å². The van der Waals surface area contributed by atoms with Crippen LogP contribution < -0.4 is 0 Å². The second-order valence-corrected chi connectivity index (χ2v) is 4.12. The largest absolute Gasteiger partial charge is 0.294 e. The number of carbonyl (C=O) groups excluding carboxylic acids is 1. The van der Waals surface area contributed by atoms with Crippen molar-refractivity contribution in [2.24, 2.45) is 7.05 Å². The first-order valence-corrected chi connectivity index (χ1v) is 5.66. The molecule has 2 aromatic heterocycles. The average Bonchev–Trinajstić information content (AvgIpc) is 2.72. The van der Waals surface area contributed by atoms with Crippen molar-refractivity contribution < 1.29 is 4.79 Å². The monoisotopic (exact) mass is 249 g/mol. The molecule has 0 amide bonds. The number of carbonyl (C=O) groups is 1. The second kappa shape index (κ2) is 5.10. The SMILES string of the molecule is Cn1nccc1CCC(=O)c1ccnc(Cl)c1. The fourth-order valence-electron chi connectivity index (χ4n) is 1.61. The Morgan fingerprint density at radius 3 is 2.88 bits per heavy atom. The highest BCUT2D eigenvalue weighted by Crippen LogP contribution is 2.11. The van der Waals surface area contributed by atoms with Gasteiger partial charge in [0.15, 0.2) is 5.78 Å². The maximum Gasteiger partial charge on any atom is 0.163 e.